The molecule has 1 aliphatic heterocycles. The third kappa shape index (κ3) is 5.66. The first kappa shape index (κ1) is 26.6. The van der Waals surface area contributed by atoms with Crippen LogP contribution in [-0.2, 0) is 4.74 Å². The van der Waals surface area contributed by atoms with Crippen LogP contribution in [0, 0.1) is 6.92 Å². The average Bonchev–Trinajstić information content (AvgIpc) is 3.62. The molecule has 3 aromatic heterocycles. The maximum Gasteiger partial charge on any atom is 0.410 e. The Morgan fingerprint density at radius 1 is 1.12 bits per heavy atom. The molecule has 2 aromatic carbocycles. The summed E-state index contributed by atoms with van der Waals surface area (Å²) in [5.74, 6) is 1.26. The summed E-state index contributed by atoms with van der Waals surface area (Å²) < 4.78 is 13.4. The van der Waals surface area contributed by atoms with Crippen LogP contribution >= 0.6 is 0 Å². The molecule has 6 rings (SSSR count). The van der Waals surface area contributed by atoms with E-state index in [-0.39, 0.29) is 12.1 Å². The molecular weight excluding hydrogens is 516 g/mol. The van der Waals surface area contributed by atoms with E-state index in [0.717, 1.165) is 51.8 Å². The molecule has 1 fully saturated rings. The number of hydrogen-bond acceptors (Lipinski definition) is 7. The first-order valence-corrected chi connectivity index (χ1v) is 13.9. The number of nitrogens with zero attached hydrogens (tertiary/aromatic N) is 5. The number of likely N-dealkylation sites (tertiary alicyclic amines) is 1. The van der Waals surface area contributed by atoms with E-state index in [1.54, 1.807) is 11.1 Å². The van der Waals surface area contributed by atoms with Crippen molar-refractivity contribution < 1.29 is 13.9 Å². The quantitative estimate of drug-likeness (QED) is 0.255. The zero-order valence-corrected chi connectivity index (χ0v) is 23.8. The van der Waals surface area contributed by atoms with Gasteiger partial charge in [0.05, 0.1) is 17.4 Å². The number of hydrogen-bond donors (Lipinski definition) is 1. The van der Waals surface area contributed by atoms with Gasteiger partial charge in [-0.15, -0.1) is 0 Å². The molecule has 9 heteroatoms. The second-order valence-electron chi connectivity index (χ2n) is 11.5. The molecule has 0 radical (unpaired) electrons. The molecule has 1 atom stereocenters. The lowest BCUT2D eigenvalue weighted by Crippen LogP contribution is -2.47. The van der Waals surface area contributed by atoms with Gasteiger partial charge in [0.1, 0.15) is 5.60 Å². The Hall–Kier alpha value is -4.66. The number of aryl methyl sites for hydroxylation is 1. The van der Waals surface area contributed by atoms with Crippen molar-refractivity contribution in [1.29, 1.82) is 0 Å². The highest BCUT2D eigenvalue weighted by molar-refractivity contribution is 5.98. The Labute approximate surface area is 239 Å². The number of nitrogens with one attached hydrogen (secondary N) is 1. The van der Waals surface area contributed by atoms with Crippen LogP contribution in [-0.4, -0.2) is 55.2 Å². The zero-order chi connectivity index (χ0) is 28.6. The van der Waals surface area contributed by atoms with E-state index in [1.165, 1.54) is 6.39 Å². The Kier molecular flexibility index (Phi) is 6.95. The van der Waals surface area contributed by atoms with Crippen molar-refractivity contribution in [3.8, 4) is 28.3 Å². The summed E-state index contributed by atoms with van der Waals surface area (Å²) in [7, 11) is 0. The minimum Gasteiger partial charge on any atom is -0.444 e. The van der Waals surface area contributed by atoms with E-state index < -0.39 is 5.60 Å². The molecule has 0 bridgehead atoms. The molecule has 210 valence electrons. The van der Waals surface area contributed by atoms with E-state index in [0.29, 0.717) is 24.8 Å². The summed E-state index contributed by atoms with van der Waals surface area (Å²) in [6.45, 7) is 8.90. The number of fused-ring (bicyclic) bond motifs is 1. The molecule has 1 aliphatic rings. The fourth-order valence-corrected chi connectivity index (χ4v) is 5.28. The van der Waals surface area contributed by atoms with Crippen molar-refractivity contribution in [1.82, 2.24) is 24.4 Å². The number of ether oxygens (including phenoxy) is 1. The molecule has 0 aliphatic carbocycles. The Bertz CT molecular complexity index is 1670. The Morgan fingerprint density at radius 3 is 2.71 bits per heavy atom. The van der Waals surface area contributed by atoms with Gasteiger partial charge in [-0.1, -0.05) is 30.3 Å². The maximum atomic E-state index is 12.7. The highest BCUT2D eigenvalue weighted by Gasteiger charge is 2.28. The summed E-state index contributed by atoms with van der Waals surface area (Å²) >= 11 is 0. The van der Waals surface area contributed by atoms with Gasteiger partial charge in [-0.3, -0.25) is 0 Å². The minimum absolute atomic E-state index is 0.0296. The molecule has 0 saturated carbocycles. The lowest BCUT2D eigenvalue weighted by Gasteiger charge is -2.34. The summed E-state index contributed by atoms with van der Waals surface area (Å²) in [6, 6.07) is 16.6. The first-order chi connectivity index (χ1) is 19.7. The maximum absolute atomic E-state index is 12.7. The van der Waals surface area contributed by atoms with E-state index in [4.69, 9.17) is 14.1 Å². The van der Waals surface area contributed by atoms with Crippen molar-refractivity contribution in [3.05, 3.63) is 79.1 Å². The molecule has 0 spiro atoms. The highest BCUT2D eigenvalue weighted by Crippen LogP contribution is 2.36. The predicted molar refractivity (Wildman–Crippen MR) is 159 cm³/mol. The number of oxazole rings is 1. The third-order valence-electron chi connectivity index (χ3n) is 7.19. The zero-order valence-electron chi connectivity index (χ0n) is 23.8. The Morgan fingerprint density at radius 2 is 1.95 bits per heavy atom. The van der Waals surface area contributed by atoms with Gasteiger partial charge in [-0.2, -0.15) is 0 Å². The number of benzene rings is 2. The van der Waals surface area contributed by atoms with Gasteiger partial charge < -0.3 is 23.9 Å². The van der Waals surface area contributed by atoms with Gasteiger partial charge in [0, 0.05) is 53.7 Å². The molecule has 1 N–H and O–H groups in total. The molecular formula is C32H34N6O3. The number of para-hydroxylation sites is 1. The summed E-state index contributed by atoms with van der Waals surface area (Å²) in [6.07, 6.45) is 8.67. The van der Waals surface area contributed by atoms with Crippen molar-refractivity contribution in [2.45, 2.75) is 52.2 Å². The van der Waals surface area contributed by atoms with E-state index in [9.17, 15) is 4.79 Å². The molecule has 1 amide bonds. The standard InChI is InChI=1S/C32H34N6O3/c1-21-16-34-30(35-23-9-8-14-37(18-23)31(39)41-32(2,3)4)36-29(21)26-19-38(24-10-6-5-7-11-24)27-15-22(12-13-25(26)27)28-17-33-20-40-28/h5-7,10-13,15-17,19-20,23H,8-9,14,18H2,1-4H3,(H,34,35,36)/t23-/m0/s1. The topological polar surface area (TPSA) is 98.3 Å². The van der Waals surface area contributed by atoms with Gasteiger partial charge in [-0.05, 0) is 64.3 Å². The number of rotatable bonds is 5. The normalized spacial score (nSPS) is 15.7. The summed E-state index contributed by atoms with van der Waals surface area (Å²) in [4.78, 5) is 28.1. The lowest BCUT2D eigenvalue weighted by atomic mass is 10.0. The van der Waals surface area contributed by atoms with E-state index in [1.807, 2.05) is 58.2 Å². The monoisotopic (exact) mass is 550 g/mol. The third-order valence-corrected chi connectivity index (χ3v) is 7.19. The van der Waals surface area contributed by atoms with Crippen LogP contribution in [0.5, 0.6) is 0 Å². The molecule has 4 heterocycles. The van der Waals surface area contributed by atoms with E-state index >= 15 is 0 Å². The van der Waals surface area contributed by atoms with Crippen LogP contribution in [0.4, 0.5) is 10.7 Å². The molecule has 5 aromatic rings. The number of carbonyl (C=O) groups is 1. The van der Waals surface area contributed by atoms with Crippen LogP contribution in [0.2, 0.25) is 0 Å². The van der Waals surface area contributed by atoms with Gasteiger partial charge in [0.15, 0.2) is 12.2 Å². The number of anilines is 1. The van der Waals surface area contributed by atoms with E-state index in [2.05, 4.69) is 50.3 Å². The van der Waals surface area contributed by atoms with Crippen LogP contribution in [0.25, 0.3) is 39.2 Å². The SMILES string of the molecule is Cc1cnc(N[C@H]2CCCN(C(=O)OC(C)(C)C)C2)nc1-c1cn(-c2ccccc2)c2cc(-c3cnco3)ccc12. The number of piperidine rings is 1. The first-order valence-electron chi connectivity index (χ1n) is 13.9. The van der Waals surface area contributed by atoms with Gasteiger partial charge in [-0.25, -0.2) is 19.7 Å². The van der Waals surface area contributed by atoms with Crippen LogP contribution in [0.15, 0.2) is 77.9 Å². The molecule has 0 unspecified atom stereocenters. The Balaban J connectivity index is 1.34. The second-order valence-corrected chi connectivity index (χ2v) is 11.5. The average molecular weight is 551 g/mol. The highest BCUT2D eigenvalue weighted by atomic mass is 16.6. The predicted octanol–water partition coefficient (Wildman–Crippen LogP) is 6.86. The number of aromatic nitrogens is 4. The van der Waals surface area contributed by atoms with Crippen molar-refractivity contribution in [3.63, 3.8) is 0 Å². The van der Waals surface area contributed by atoms with Gasteiger partial charge in [0.25, 0.3) is 0 Å². The summed E-state index contributed by atoms with van der Waals surface area (Å²) in [5, 5.41) is 4.55. The summed E-state index contributed by atoms with van der Waals surface area (Å²) in [5.41, 5.74) is 5.35. The lowest BCUT2D eigenvalue weighted by molar-refractivity contribution is 0.0206. The second kappa shape index (κ2) is 10.7. The van der Waals surface area contributed by atoms with Crippen molar-refractivity contribution >= 4 is 22.9 Å². The molecule has 9 nitrogen and oxygen atoms in total. The molecule has 41 heavy (non-hydrogen) atoms. The van der Waals surface area contributed by atoms with Gasteiger partial charge in [0.2, 0.25) is 5.95 Å². The number of carbonyl (C=O) groups excluding carboxylic acids is 1. The fraction of sp³-hybridized carbons (Fsp3) is 0.312. The van der Waals surface area contributed by atoms with Crippen molar-refractivity contribution in [2.75, 3.05) is 18.4 Å². The van der Waals surface area contributed by atoms with Crippen LogP contribution in [0.3, 0.4) is 0 Å². The van der Waals surface area contributed by atoms with Crippen LogP contribution < -0.4 is 5.32 Å². The van der Waals surface area contributed by atoms with Gasteiger partial charge >= 0.3 is 6.09 Å². The molecule has 1 saturated heterocycles. The van der Waals surface area contributed by atoms with Crippen LogP contribution in [0.1, 0.15) is 39.2 Å². The number of amides is 1. The minimum atomic E-state index is -0.527. The van der Waals surface area contributed by atoms with Crippen molar-refractivity contribution in [2.24, 2.45) is 0 Å². The fourth-order valence-electron chi connectivity index (χ4n) is 5.28. The largest absolute Gasteiger partial charge is 0.444 e. The smallest absolute Gasteiger partial charge is 0.410 e.